The van der Waals surface area contributed by atoms with Gasteiger partial charge in [-0.05, 0) is 6.42 Å². The Morgan fingerprint density at radius 1 is 0.920 bits per heavy atom. The fourth-order valence-electron chi connectivity index (χ4n) is 2.74. The maximum Gasteiger partial charge on any atom is 0.393 e. The summed E-state index contributed by atoms with van der Waals surface area (Å²) in [5, 5.41) is 15.4. The van der Waals surface area contributed by atoms with Crippen LogP contribution in [0.5, 0.6) is 0 Å². The van der Waals surface area contributed by atoms with Crippen molar-refractivity contribution in [3.8, 4) is 0 Å². The van der Waals surface area contributed by atoms with Gasteiger partial charge in [-0.3, -0.25) is 5.32 Å². The van der Waals surface area contributed by atoms with E-state index in [0.29, 0.717) is 6.54 Å². The number of aromatic nitrogens is 2. The van der Waals surface area contributed by atoms with Crippen LogP contribution < -0.4 is 39.2 Å². The number of aliphatic hydroxyl groups excluding tert-OH is 1. The minimum atomic E-state index is 0. The number of hydrogen-bond acceptors (Lipinski definition) is 4. The first-order valence-electron chi connectivity index (χ1n) is 9.73. The van der Waals surface area contributed by atoms with Crippen molar-refractivity contribution in [1.29, 1.82) is 0 Å². The lowest BCUT2D eigenvalue weighted by atomic mass is 10.1. The van der Waals surface area contributed by atoms with Crippen LogP contribution in [0.3, 0.4) is 0 Å². The highest BCUT2D eigenvalue weighted by molar-refractivity contribution is 5.36. The predicted molar refractivity (Wildman–Crippen MR) is 101 cm³/mol. The van der Waals surface area contributed by atoms with Gasteiger partial charge in [0.25, 0.3) is 0 Å². The van der Waals surface area contributed by atoms with E-state index in [4.69, 9.17) is 5.11 Å². The van der Waals surface area contributed by atoms with Crippen LogP contribution in [-0.4, -0.2) is 29.8 Å². The van der Waals surface area contributed by atoms with Gasteiger partial charge in [0.1, 0.15) is 0 Å². The molecule has 0 aliphatic rings. The van der Waals surface area contributed by atoms with Crippen molar-refractivity contribution in [2.75, 3.05) is 30.3 Å². The average Bonchev–Trinajstić information content (AvgIpc) is 2.59. The van der Waals surface area contributed by atoms with Crippen LogP contribution in [0, 0.1) is 0 Å². The summed E-state index contributed by atoms with van der Waals surface area (Å²) in [6.45, 7) is 3.86. The minimum absolute atomic E-state index is 0. The average molecular weight is 464 g/mol. The Balaban J connectivity index is 0.00000576. The Morgan fingerprint density at radius 3 is 2.12 bits per heavy atom. The van der Waals surface area contributed by atoms with Gasteiger partial charge in [0.05, 0.1) is 26.4 Å². The van der Waals surface area contributed by atoms with Gasteiger partial charge in [-0.25, -0.2) is 4.57 Å². The molecule has 146 valence electrons. The molecule has 1 heterocycles. The molecular formula is C19H37IN4O. The summed E-state index contributed by atoms with van der Waals surface area (Å²) in [6, 6.07) is 1.99. The molecule has 0 atom stereocenters. The number of nitrogens with zero attached hydrogens (tertiary/aromatic N) is 2. The zero-order valence-electron chi connectivity index (χ0n) is 16.1. The normalized spacial score (nSPS) is 10.4. The highest BCUT2D eigenvalue weighted by Gasteiger charge is 2.09. The topological polar surface area (TPSA) is 61.1 Å². The monoisotopic (exact) mass is 464 g/mol. The number of rotatable bonds is 15. The predicted octanol–water partition coefficient (Wildman–Crippen LogP) is 0.647. The molecule has 3 N–H and O–H groups in total. The maximum absolute atomic E-state index is 8.89. The van der Waals surface area contributed by atoms with Crippen molar-refractivity contribution in [2.24, 2.45) is 7.05 Å². The summed E-state index contributed by atoms with van der Waals surface area (Å²) < 4.78 is 1.92. The van der Waals surface area contributed by atoms with Gasteiger partial charge in [-0.2, -0.15) is 0 Å². The van der Waals surface area contributed by atoms with E-state index in [2.05, 4.69) is 22.5 Å². The molecule has 1 rings (SSSR count). The van der Waals surface area contributed by atoms with Crippen molar-refractivity contribution >= 4 is 11.8 Å². The summed E-state index contributed by atoms with van der Waals surface area (Å²) in [7, 11) is 1.94. The number of unbranched alkanes of at least 4 members (excludes halogenated alkanes) is 9. The molecule has 5 nitrogen and oxygen atoms in total. The summed E-state index contributed by atoms with van der Waals surface area (Å²) in [6.07, 6.45) is 15.5. The lowest BCUT2D eigenvalue weighted by Gasteiger charge is -2.06. The van der Waals surface area contributed by atoms with Crippen molar-refractivity contribution in [1.82, 2.24) is 4.98 Å². The molecule has 0 saturated heterocycles. The van der Waals surface area contributed by atoms with E-state index >= 15 is 0 Å². The molecule has 0 amide bonds. The number of hydrogen-bond donors (Lipinski definition) is 3. The van der Waals surface area contributed by atoms with Gasteiger partial charge < -0.3 is 34.4 Å². The van der Waals surface area contributed by atoms with Crippen LogP contribution in [0.15, 0.2) is 12.3 Å². The second-order valence-corrected chi connectivity index (χ2v) is 6.51. The number of aliphatic hydroxyl groups is 1. The molecule has 0 spiro atoms. The zero-order chi connectivity index (χ0) is 17.5. The molecule has 0 saturated carbocycles. The van der Waals surface area contributed by atoms with E-state index in [1.54, 1.807) is 0 Å². The second kappa shape index (κ2) is 16.8. The molecule has 0 aromatic carbocycles. The molecule has 25 heavy (non-hydrogen) atoms. The molecule has 0 aliphatic heterocycles. The van der Waals surface area contributed by atoms with Gasteiger partial charge in [0, 0.05) is 12.6 Å². The lowest BCUT2D eigenvalue weighted by Crippen LogP contribution is -3.00. The molecular weight excluding hydrogens is 427 g/mol. The van der Waals surface area contributed by atoms with E-state index in [1.165, 1.54) is 64.2 Å². The quantitative estimate of drug-likeness (QED) is 0.203. The van der Waals surface area contributed by atoms with E-state index in [9.17, 15) is 0 Å². The van der Waals surface area contributed by atoms with Gasteiger partial charge in [0.15, 0.2) is 0 Å². The number of anilines is 2. The Kier molecular flexibility index (Phi) is 16.4. The third kappa shape index (κ3) is 12.4. The summed E-state index contributed by atoms with van der Waals surface area (Å²) in [5.41, 5.74) is 0. The molecule has 0 radical (unpaired) electrons. The van der Waals surface area contributed by atoms with Gasteiger partial charge in [0.2, 0.25) is 5.82 Å². The van der Waals surface area contributed by atoms with Crippen LogP contribution in [0.1, 0.15) is 71.1 Å². The fraction of sp³-hybridized carbons (Fsp3) is 0.789. The minimum Gasteiger partial charge on any atom is -1.00 e. The smallest absolute Gasteiger partial charge is 0.393 e. The first-order chi connectivity index (χ1) is 11.8. The van der Waals surface area contributed by atoms with E-state index in [0.717, 1.165) is 18.3 Å². The Hall–Kier alpha value is -0.630. The molecule has 0 bridgehead atoms. The highest BCUT2D eigenvalue weighted by atomic mass is 127. The summed E-state index contributed by atoms with van der Waals surface area (Å²) >= 11 is 0. The largest absolute Gasteiger partial charge is 1.00 e. The zero-order valence-corrected chi connectivity index (χ0v) is 18.2. The van der Waals surface area contributed by atoms with Crippen LogP contribution in [-0.2, 0) is 7.05 Å². The van der Waals surface area contributed by atoms with Crippen molar-refractivity contribution in [3.63, 3.8) is 0 Å². The highest BCUT2D eigenvalue weighted by Crippen LogP contribution is 2.11. The summed E-state index contributed by atoms with van der Waals surface area (Å²) in [4.78, 5) is 4.52. The molecule has 6 heteroatoms. The third-order valence-corrected chi connectivity index (χ3v) is 4.25. The first kappa shape index (κ1) is 24.4. The van der Waals surface area contributed by atoms with Crippen molar-refractivity contribution in [2.45, 2.75) is 71.1 Å². The standard InChI is InChI=1S/C19H36N4O.HI/c1-3-4-5-6-7-8-9-10-11-12-14-20-18-13-16-23(2)19(22-18)21-15-17-24;/h13,16,24H,3-12,14-15,17H2,1-2H3,(H,20,21,22);1H. The molecule has 0 aliphatic carbocycles. The van der Waals surface area contributed by atoms with Gasteiger partial charge >= 0.3 is 5.95 Å². The van der Waals surface area contributed by atoms with Crippen LogP contribution in [0.2, 0.25) is 0 Å². The lowest BCUT2D eigenvalue weighted by molar-refractivity contribution is -0.659. The first-order valence-corrected chi connectivity index (χ1v) is 9.73. The fourth-order valence-corrected chi connectivity index (χ4v) is 2.74. The third-order valence-electron chi connectivity index (χ3n) is 4.25. The van der Waals surface area contributed by atoms with E-state index in [-0.39, 0.29) is 30.6 Å². The van der Waals surface area contributed by atoms with Gasteiger partial charge in [-0.15, -0.1) is 0 Å². The number of nitrogens with one attached hydrogen (secondary N) is 2. The number of aryl methyl sites for hydroxylation is 1. The SMILES string of the molecule is CCCCCCCCCCCCNc1cc[n+](C)c(NCCO)n1.[I-]. The maximum atomic E-state index is 8.89. The van der Waals surface area contributed by atoms with E-state index in [1.807, 2.05) is 23.9 Å². The van der Waals surface area contributed by atoms with Crippen LogP contribution in [0.25, 0.3) is 0 Å². The molecule has 0 unspecified atom stereocenters. The van der Waals surface area contributed by atoms with Crippen molar-refractivity contribution < 1.29 is 33.7 Å². The molecule has 1 aromatic rings. The summed E-state index contributed by atoms with van der Waals surface area (Å²) in [5.74, 6) is 1.67. The Labute approximate surface area is 171 Å². The Morgan fingerprint density at radius 2 is 1.52 bits per heavy atom. The van der Waals surface area contributed by atoms with Crippen LogP contribution >= 0.6 is 0 Å². The molecule has 1 aromatic heterocycles. The number of halogens is 1. The van der Waals surface area contributed by atoms with Gasteiger partial charge in [-0.1, -0.05) is 69.7 Å². The molecule has 0 fully saturated rings. The second-order valence-electron chi connectivity index (χ2n) is 6.51. The van der Waals surface area contributed by atoms with E-state index < -0.39 is 0 Å². The van der Waals surface area contributed by atoms with Crippen LogP contribution in [0.4, 0.5) is 11.8 Å². The Bertz CT molecular complexity index is 432. The van der Waals surface area contributed by atoms with Crippen molar-refractivity contribution in [3.05, 3.63) is 12.3 Å².